The number of primary amides is 1. The minimum atomic E-state index is -0.870. The summed E-state index contributed by atoms with van der Waals surface area (Å²) in [5, 5.41) is 4.98. The van der Waals surface area contributed by atoms with E-state index in [1.54, 1.807) is 31.2 Å². The Morgan fingerprint density at radius 2 is 1.59 bits per heavy atom. The standard InChI is InChI=1S/C16H17N3O3/c1-11(15(20)19-16(17)21)18-12-7-9-14(10-8-12)22-13-5-3-2-4-6-13/h2-11,18H,1H3,(H3,17,19,20,21)/t11-/m1/s1. The first-order valence-electron chi connectivity index (χ1n) is 6.74. The van der Waals surface area contributed by atoms with Gasteiger partial charge in [-0.3, -0.25) is 10.1 Å². The molecule has 114 valence electrons. The summed E-state index contributed by atoms with van der Waals surface area (Å²) in [7, 11) is 0. The largest absolute Gasteiger partial charge is 0.457 e. The van der Waals surface area contributed by atoms with Gasteiger partial charge in [0.25, 0.3) is 0 Å². The van der Waals surface area contributed by atoms with Crippen LogP contribution in [0.5, 0.6) is 11.5 Å². The molecule has 0 saturated heterocycles. The summed E-state index contributed by atoms with van der Waals surface area (Å²) < 4.78 is 5.67. The van der Waals surface area contributed by atoms with Gasteiger partial charge in [0.1, 0.15) is 17.5 Å². The van der Waals surface area contributed by atoms with Crippen LogP contribution in [0.1, 0.15) is 6.92 Å². The van der Waals surface area contributed by atoms with Gasteiger partial charge in [0.15, 0.2) is 0 Å². The average molecular weight is 299 g/mol. The zero-order valence-electron chi connectivity index (χ0n) is 12.1. The Bertz CT molecular complexity index is 641. The van der Waals surface area contributed by atoms with E-state index in [4.69, 9.17) is 10.5 Å². The minimum absolute atomic E-state index is 0.489. The van der Waals surface area contributed by atoms with Gasteiger partial charge in [0.05, 0.1) is 0 Å². The number of carbonyl (C=O) groups excluding carboxylic acids is 2. The van der Waals surface area contributed by atoms with Crippen molar-refractivity contribution >= 4 is 17.6 Å². The predicted octanol–water partition coefficient (Wildman–Crippen LogP) is 2.47. The van der Waals surface area contributed by atoms with Crippen LogP contribution in [-0.4, -0.2) is 18.0 Å². The highest BCUT2D eigenvalue weighted by Gasteiger charge is 2.13. The van der Waals surface area contributed by atoms with Crippen LogP contribution in [0.2, 0.25) is 0 Å². The van der Waals surface area contributed by atoms with Gasteiger partial charge in [-0.05, 0) is 43.3 Å². The molecule has 0 saturated carbocycles. The summed E-state index contributed by atoms with van der Waals surface area (Å²) in [6, 6.07) is 15.1. The minimum Gasteiger partial charge on any atom is -0.457 e. The normalized spacial score (nSPS) is 11.3. The quantitative estimate of drug-likeness (QED) is 0.790. The van der Waals surface area contributed by atoms with Crippen molar-refractivity contribution in [2.75, 3.05) is 5.32 Å². The van der Waals surface area contributed by atoms with E-state index in [1.165, 1.54) is 0 Å². The van der Waals surface area contributed by atoms with Crippen LogP contribution >= 0.6 is 0 Å². The van der Waals surface area contributed by atoms with Crippen molar-refractivity contribution < 1.29 is 14.3 Å². The fraction of sp³-hybridized carbons (Fsp3) is 0.125. The highest BCUT2D eigenvalue weighted by molar-refractivity contribution is 5.97. The molecular formula is C16H17N3O3. The van der Waals surface area contributed by atoms with Crippen LogP contribution in [0.15, 0.2) is 54.6 Å². The number of hydrogen-bond acceptors (Lipinski definition) is 4. The lowest BCUT2D eigenvalue weighted by Crippen LogP contribution is -2.43. The molecule has 2 aromatic carbocycles. The van der Waals surface area contributed by atoms with Gasteiger partial charge in [-0.15, -0.1) is 0 Å². The third-order valence-corrected chi connectivity index (χ3v) is 2.86. The summed E-state index contributed by atoms with van der Waals surface area (Å²) >= 11 is 0. The molecule has 0 heterocycles. The van der Waals surface area contributed by atoms with E-state index in [9.17, 15) is 9.59 Å². The molecule has 0 bridgehead atoms. The van der Waals surface area contributed by atoms with E-state index in [0.717, 1.165) is 11.4 Å². The van der Waals surface area contributed by atoms with Gasteiger partial charge in [-0.25, -0.2) is 4.79 Å². The van der Waals surface area contributed by atoms with Crippen molar-refractivity contribution in [3.05, 3.63) is 54.6 Å². The lowest BCUT2D eigenvalue weighted by atomic mass is 10.2. The van der Waals surface area contributed by atoms with Crippen molar-refractivity contribution in [2.45, 2.75) is 13.0 Å². The number of benzene rings is 2. The number of carbonyl (C=O) groups is 2. The van der Waals surface area contributed by atoms with Crippen molar-refractivity contribution in [1.82, 2.24) is 5.32 Å². The Hall–Kier alpha value is -3.02. The zero-order chi connectivity index (χ0) is 15.9. The van der Waals surface area contributed by atoms with E-state index in [0.29, 0.717) is 5.75 Å². The average Bonchev–Trinajstić information content (AvgIpc) is 2.49. The number of nitrogens with two attached hydrogens (primary N) is 1. The number of nitrogens with one attached hydrogen (secondary N) is 2. The number of anilines is 1. The van der Waals surface area contributed by atoms with Crippen LogP contribution in [0.4, 0.5) is 10.5 Å². The second-order valence-electron chi connectivity index (χ2n) is 4.66. The van der Waals surface area contributed by atoms with E-state index in [-0.39, 0.29) is 0 Å². The first-order chi connectivity index (χ1) is 10.5. The number of imide groups is 1. The highest BCUT2D eigenvalue weighted by Crippen LogP contribution is 2.22. The third kappa shape index (κ3) is 4.52. The molecule has 6 nitrogen and oxygen atoms in total. The Morgan fingerprint density at radius 3 is 2.18 bits per heavy atom. The lowest BCUT2D eigenvalue weighted by molar-refractivity contribution is -0.120. The van der Waals surface area contributed by atoms with Gasteiger partial charge in [0.2, 0.25) is 5.91 Å². The van der Waals surface area contributed by atoms with Gasteiger partial charge in [0, 0.05) is 5.69 Å². The van der Waals surface area contributed by atoms with Crippen molar-refractivity contribution in [3.8, 4) is 11.5 Å². The smallest absolute Gasteiger partial charge is 0.318 e. The van der Waals surface area contributed by atoms with Crippen molar-refractivity contribution in [1.29, 1.82) is 0 Å². The number of para-hydroxylation sites is 1. The number of hydrogen-bond donors (Lipinski definition) is 3. The van der Waals surface area contributed by atoms with Gasteiger partial charge < -0.3 is 15.8 Å². The number of rotatable bonds is 5. The van der Waals surface area contributed by atoms with Crippen LogP contribution < -0.4 is 21.1 Å². The lowest BCUT2D eigenvalue weighted by Gasteiger charge is -2.14. The molecule has 0 aromatic heterocycles. The summed E-state index contributed by atoms with van der Waals surface area (Å²) in [4.78, 5) is 22.2. The first-order valence-corrected chi connectivity index (χ1v) is 6.74. The second kappa shape index (κ2) is 7.12. The number of urea groups is 1. The first kappa shape index (κ1) is 15.4. The van der Waals surface area contributed by atoms with E-state index >= 15 is 0 Å². The molecule has 0 unspecified atom stereocenters. The number of ether oxygens (including phenoxy) is 1. The summed E-state index contributed by atoms with van der Waals surface area (Å²) in [6.07, 6.45) is 0. The van der Waals surface area contributed by atoms with Crippen LogP contribution in [0.25, 0.3) is 0 Å². The molecule has 2 aromatic rings. The molecule has 0 fully saturated rings. The molecule has 1 atom stereocenters. The molecule has 2 rings (SSSR count). The topological polar surface area (TPSA) is 93.4 Å². The van der Waals surface area contributed by atoms with Crippen molar-refractivity contribution in [3.63, 3.8) is 0 Å². The maximum atomic E-state index is 11.6. The monoisotopic (exact) mass is 299 g/mol. The molecule has 0 spiro atoms. The Morgan fingerprint density at radius 1 is 1.00 bits per heavy atom. The molecule has 0 aliphatic heterocycles. The fourth-order valence-electron chi connectivity index (χ4n) is 1.79. The molecule has 4 N–H and O–H groups in total. The van der Waals surface area contributed by atoms with Crippen LogP contribution in [0.3, 0.4) is 0 Å². The van der Waals surface area contributed by atoms with Gasteiger partial charge in [-0.2, -0.15) is 0 Å². The van der Waals surface area contributed by atoms with Gasteiger partial charge in [-0.1, -0.05) is 18.2 Å². The predicted molar refractivity (Wildman–Crippen MR) is 83.8 cm³/mol. The third-order valence-electron chi connectivity index (χ3n) is 2.86. The Balaban J connectivity index is 1.94. The zero-order valence-corrected chi connectivity index (χ0v) is 12.1. The fourth-order valence-corrected chi connectivity index (χ4v) is 1.79. The molecule has 6 heteroatoms. The molecule has 3 amide bonds. The summed E-state index contributed by atoms with van der Waals surface area (Å²) in [6.45, 7) is 1.63. The molecular weight excluding hydrogens is 282 g/mol. The van der Waals surface area contributed by atoms with Crippen molar-refractivity contribution in [2.24, 2.45) is 5.73 Å². The SMILES string of the molecule is C[C@@H](Nc1ccc(Oc2ccccc2)cc1)C(=O)NC(N)=O. The number of amides is 3. The van der Waals surface area contributed by atoms with Crippen LogP contribution in [0, 0.1) is 0 Å². The van der Waals surface area contributed by atoms with E-state index < -0.39 is 18.0 Å². The molecule has 0 aliphatic rings. The van der Waals surface area contributed by atoms with E-state index in [1.807, 2.05) is 35.6 Å². The Kier molecular flexibility index (Phi) is 4.98. The maximum Gasteiger partial charge on any atom is 0.318 e. The van der Waals surface area contributed by atoms with Crippen LogP contribution in [-0.2, 0) is 4.79 Å². The second-order valence-corrected chi connectivity index (χ2v) is 4.66. The van der Waals surface area contributed by atoms with Gasteiger partial charge >= 0.3 is 6.03 Å². The molecule has 0 radical (unpaired) electrons. The molecule has 22 heavy (non-hydrogen) atoms. The summed E-state index contributed by atoms with van der Waals surface area (Å²) in [5.41, 5.74) is 5.63. The Labute approximate surface area is 128 Å². The maximum absolute atomic E-state index is 11.6. The van der Waals surface area contributed by atoms with E-state index in [2.05, 4.69) is 5.32 Å². The molecule has 0 aliphatic carbocycles. The highest BCUT2D eigenvalue weighted by atomic mass is 16.5. The summed E-state index contributed by atoms with van der Waals surface area (Å²) in [5.74, 6) is 0.945.